The van der Waals surface area contributed by atoms with Crippen LogP contribution in [0.1, 0.15) is 11.1 Å². The van der Waals surface area contributed by atoms with Crippen LogP contribution in [-0.4, -0.2) is 56.3 Å². The summed E-state index contributed by atoms with van der Waals surface area (Å²) in [6.07, 6.45) is 0. The Kier molecular flexibility index (Phi) is 6.27. The predicted molar refractivity (Wildman–Crippen MR) is 108 cm³/mol. The Bertz CT molecular complexity index is 970. The molecule has 1 heterocycles. The van der Waals surface area contributed by atoms with Gasteiger partial charge in [0.25, 0.3) is 5.91 Å². The molecule has 0 bridgehead atoms. The molecule has 2 aromatic carbocycles. The number of aryl methyl sites for hydroxylation is 2. The highest BCUT2D eigenvalue weighted by Gasteiger charge is 2.31. The first-order valence-corrected chi connectivity index (χ1v) is 10.8. The second-order valence-corrected chi connectivity index (χ2v) is 9.09. The van der Waals surface area contributed by atoms with Crippen LogP contribution in [0.2, 0.25) is 5.02 Å². The van der Waals surface area contributed by atoms with E-state index in [0.717, 1.165) is 11.1 Å². The molecule has 8 heteroatoms. The molecular formula is C20H23ClN2O4S. The maximum atomic E-state index is 12.8. The number of piperazine rings is 1. The van der Waals surface area contributed by atoms with Gasteiger partial charge in [-0.25, -0.2) is 8.42 Å². The smallest absolute Gasteiger partial charge is 0.260 e. The molecule has 1 aliphatic heterocycles. The molecule has 0 spiro atoms. The lowest BCUT2D eigenvalue weighted by molar-refractivity contribution is -0.134. The molecule has 0 aliphatic carbocycles. The summed E-state index contributed by atoms with van der Waals surface area (Å²) in [5.74, 6) is 0.531. The molecule has 6 nitrogen and oxygen atoms in total. The lowest BCUT2D eigenvalue weighted by Gasteiger charge is -2.34. The standard InChI is InChI=1S/C20H23ClN2O4S/c1-15-7-8-16(2)18(13-15)27-14-20(24)22-9-11-23(12-10-22)28(25,26)19-6-4-3-5-17(19)21/h3-8,13H,9-12,14H2,1-2H3. The van der Waals surface area contributed by atoms with Gasteiger partial charge in [-0.15, -0.1) is 0 Å². The Hall–Kier alpha value is -2.09. The minimum Gasteiger partial charge on any atom is -0.483 e. The lowest BCUT2D eigenvalue weighted by atomic mass is 10.1. The van der Waals surface area contributed by atoms with Crippen LogP contribution in [-0.2, 0) is 14.8 Å². The van der Waals surface area contributed by atoms with Crippen molar-refractivity contribution in [2.45, 2.75) is 18.7 Å². The van der Waals surface area contributed by atoms with E-state index in [1.54, 1.807) is 23.1 Å². The Morgan fingerprint density at radius 3 is 2.43 bits per heavy atom. The van der Waals surface area contributed by atoms with E-state index >= 15 is 0 Å². The highest BCUT2D eigenvalue weighted by Crippen LogP contribution is 2.25. The van der Waals surface area contributed by atoms with Crippen LogP contribution in [0.5, 0.6) is 5.75 Å². The van der Waals surface area contributed by atoms with Gasteiger partial charge in [0.05, 0.1) is 5.02 Å². The van der Waals surface area contributed by atoms with Crippen LogP contribution in [0.25, 0.3) is 0 Å². The fourth-order valence-corrected chi connectivity index (χ4v) is 4.98. The van der Waals surface area contributed by atoms with Gasteiger partial charge in [-0.05, 0) is 43.2 Å². The highest BCUT2D eigenvalue weighted by molar-refractivity contribution is 7.89. The molecule has 150 valence electrons. The molecule has 1 amide bonds. The molecule has 0 unspecified atom stereocenters. The van der Waals surface area contributed by atoms with E-state index in [1.807, 2.05) is 32.0 Å². The van der Waals surface area contributed by atoms with Gasteiger partial charge in [-0.1, -0.05) is 35.9 Å². The average molecular weight is 423 g/mol. The summed E-state index contributed by atoms with van der Waals surface area (Å²) in [6.45, 7) is 4.91. The molecule has 0 atom stereocenters. The molecule has 1 aliphatic rings. The second kappa shape index (κ2) is 8.51. The minimum absolute atomic E-state index is 0.0679. The zero-order valence-electron chi connectivity index (χ0n) is 15.9. The summed E-state index contributed by atoms with van der Waals surface area (Å²) in [7, 11) is -3.68. The van der Waals surface area contributed by atoms with Crippen LogP contribution >= 0.6 is 11.6 Å². The number of sulfonamides is 1. The largest absolute Gasteiger partial charge is 0.483 e. The van der Waals surface area contributed by atoms with Crippen molar-refractivity contribution in [3.05, 3.63) is 58.6 Å². The average Bonchev–Trinajstić information content (AvgIpc) is 2.68. The number of ether oxygens (including phenoxy) is 1. The molecule has 0 radical (unpaired) electrons. The Morgan fingerprint density at radius 2 is 1.75 bits per heavy atom. The zero-order chi connectivity index (χ0) is 20.3. The summed E-state index contributed by atoms with van der Waals surface area (Å²) >= 11 is 6.04. The second-order valence-electron chi connectivity index (χ2n) is 6.77. The van der Waals surface area contributed by atoms with Crippen molar-refractivity contribution in [2.75, 3.05) is 32.8 Å². The maximum Gasteiger partial charge on any atom is 0.260 e. The number of hydrogen-bond acceptors (Lipinski definition) is 4. The zero-order valence-corrected chi connectivity index (χ0v) is 17.5. The summed E-state index contributed by atoms with van der Waals surface area (Å²) in [6, 6.07) is 12.2. The lowest BCUT2D eigenvalue weighted by Crippen LogP contribution is -2.51. The van der Waals surface area contributed by atoms with Gasteiger partial charge in [-0.2, -0.15) is 4.31 Å². The molecular weight excluding hydrogens is 400 g/mol. The predicted octanol–water partition coefficient (Wildman–Crippen LogP) is 2.87. The molecule has 1 fully saturated rings. The molecule has 2 aromatic rings. The van der Waals surface area contributed by atoms with Crippen molar-refractivity contribution in [2.24, 2.45) is 0 Å². The van der Waals surface area contributed by atoms with Gasteiger partial charge in [0.2, 0.25) is 10.0 Å². The molecule has 3 rings (SSSR count). The Balaban J connectivity index is 1.58. The van der Waals surface area contributed by atoms with E-state index in [1.165, 1.54) is 10.4 Å². The first-order chi connectivity index (χ1) is 13.3. The number of halogens is 1. The van der Waals surface area contributed by atoms with E-state index < -0.39 is 10.0 Å². The van der Waals surface area contributed by atoms with Crippen molar-refractivity contribution in [1.29, 1.82) is 0 Å². The van der Waals surface area contributed by atoms with E-state index in [-0.39, 0.29) is 35.5 Å². The third kappa shape index (κ3) is 4.48. The number of benzene rings is 2. The number of hydrogen-bond donors (Lipinski definition) is 0. The molecule has 1 saturated heterocycles. The van der Waals surface area contributed by atoms with Crippen LogP contribution in [0.15, 0.2) is 47.4 Å². The topological polar surface area (TPSA) is 66.9 Å². The van der Waals surface area contributed by atoms with Crippen molar-refractivity contribution in [3.8, 4) is 5.75 Å². The summed E-state index contributed by atoms with van der Waals surface area (Å²) in [5.41, 5.74) is 2.03. The van der Waals surface area contributed by atoms with Crippen molar-refractivity contribution >= 4 is 27.5 Å². The van der Waals surface area contributed by atoms with Crippen LogP contribution in [0.4, 0.5) is 0 Å². The number of nitrogens with zero attached hydrogens (tertiary/aromatic N) is 2. The fourth-order valence-electron chi connectivity index (χ4n) is 3.06. The maximum absolute atomic E-state index is 12.8. The SMILES string of the molecule is Cc1ccc(C)c(OCC(=O)N2CCN(S(=O)(=O)c3ccccc3Cl)CC2)c1. The normalized spacial score (nSPS) is 15.5. The van der Waals surface area contributed by atoms with E-state index in [2.05, 4.69) is 0 Å². The number of carbonyl (C=O) groups is 1. The van der Waals surface area contributed by atoms with Gasteiger partial charge in [0.15, 0.2) is 6.61 Å². The molecule has 0 N–H and O–H groups in total. The van der Waals surface area contributed by atoms with Crippen LogP contribution in [0.3, 0.4) is 0 Å². The highest BCUT2D eigenvalue weighted by atomic mass is 35.5. The van der Waals surface area contributed by atoms with Gasteiger partial charge in [-0.3, -0.25) is 4.79 Å². The van der Waals surface area contributed by atoms with Crippen molar-refractivity contribution < 1.29 is 17.9 Å². The van der Waals surface area contributed by atoms with Crippen molar-refractivity contribution in [1.82, 2.24) is 9.21 Å². The van der Waals surface area contributed by atoms with E-state index in [4.69, 9.17) is 16.3 Å². The van der Waals surface area contributed by atoms with Crippen LogP contribution in [0, 0.1) is 13.8 Å². The summed E-state index contributed by atoms with van der Waals surface area (Å²) in [4.78, 5) is 14.2. The molecule has 0 aromatic heterocycles. The first-order valence-electron chi connectivity index (χ1n) is 9.01. The molecule has 0 saturated carbocycles. The van der Waals surface area contributed by atoms with Gasteiger partial charge >= 0.3 is 0 Å². The monoisotopic (exact) mass is 422 g/mol. The number of carbonyl (C=O) groups excluding carboxylic acids is 1. The third-order valence-corrected chi connectivity index (χ3v) is 7.14. The van der Waals surface area contributed by atoms with Gasteiger partial charge < -0.3 is 9.64 Å². The van der Waals surface area contributed by atoms with E-state index in [0.29, 0.717) is 18.8 Å². The number of rotatable bonds is 5. The minimum atomic E-state index is -3.68. The Labute approximate surface area is 170 Å². The van der Waals surface area contributed by atoms with Gasteiger partial charge in [0, 0.05) is 26.2 Å². The summed E-state index contributed by atoms with van der Waals surface area (Å²) in [5, 5.41) is 0.197. The van der Waals surface area contributed by atoms with Crippen molar-refractivity contribution in [3.63, 3.8) is 0 Å². The quantitative estimate of drug-likeness (QED) is 0.743. The summed E-state index contributed by atoms with van der Waals surface area (Å²) < 4.78 is 32.6. The van der Waals surface area contributed by atoms with Crippen LogP contribution < -0.4 is 4.74 Å². The third-order valence-electron chi connectivity index (χ3n) is 4.74. The molecule has 28 heavy (non-hydrogen) atoms. The first kappa shape index (κ1) is 20.6. The van der Waals surface area contributed by atoms with Gasteiger partial charge in [0.1, 0.15) is 10.6 Å². The van der Waals surface area contributed by atoms with E-state index in [9.17, 15) is 13.2 Å². The Morgan fingerprint density at radius 1 is 1.07 bits per heavy atom. The fraction of sp³-hybridized carbons (Fsp3) is 0.350. The number of amides is 1.